The highest BCUT2D eigenvalue weighted by Crippen LogP contribution is 2.32. The van der Waals surface area contributed by atoms with E-state index in [0.29, 0.717) is 12.0 Å². The van der Waals surface area contributed by atoms with Crippen LogP contribution in [-0.4, -0.2) is 34.0 Å². The molecule has 2 rings (SSSR count). The molecule has 1 aromatic rings. The molecule has 0 amide bonds. The zero-order chi connectivity index (χ0) is 19.3. The summed E-state index contributed by atoms with van der Waals surface area (Å²) in [5, 5.41) is 30.3. The van der Waals surface area contributed by atoms with Crippen LogP contribution in [-0.2, 0) is 11.2 Å². The fourth-order valence-electron chi connectivity index (χ4n) is 2.51. The molecule has 138 valence electrons. The van der Waals surface area contributed by atoms with Crippen LogP contribution in [0.2, 0.25) is 0 Å². The Morgan fingerprint density at radius 3 is 2.46 bits per heavy atom. The van der Waals surface area contributed by atoms with E-state index in [4.69, 9.17) is 4.74 Å². The third-order valence-electron chi connectivity index (χ3n) is 4.13. The predicted octanol–water partition coefficient (Wildman–Crippen LogP) is 3.42. The summed E-state index contributed by atoms with van der Waals surface area (Å²) in [6, 6.07) is 3.01. The van der Waals surface area contributed by atoms with Crippen molar-refractivity contribution < 1.29 is 24.9 Å². The van der Waals surface area contributed by atoms with Crippen LogP contribution in [0.4, 0.5) is 0 Å². The molecule has 0 radical (unpaired) electrons. The molecule has 1 aromatic carbocycles. The summed E-state index contributed by atoms with van der Waals surface area (Å²) in [6.45, 7) is 3.89. The summed E-state index contributed by atoms with van der Waals surface area (Å²) in [5.74, 6) is -2.59. The average Bonchev–Trinajstić information content (AvgIpc) is 2.60. The van der Waals surface area contributed by atoms with Crippen LogP contribution in [0.5, 0.6) is 11.5 Å². The van der Waals surface area contributed by atoms with Crippen molar-refractivity contribution in [1.82, 2.24) is 0 Å². The third kappa shape index (κ3) is 4.71. The molecule has 0 fully saturated rings. The number of benzene rings is 1. The lowest BCUT2D eigenvalue weighted by Crippen LogP contribution is -2.27. The zero-order valence-corrected chi connectivity index (χ0v) is 15.1. The lowest BCUT2D eigenvalue weighted by Gasteiger charge is -2.22. The zero-order valence-electron chi connectivity index (χ0n) is 15.1. The van der Waals surface area contributed by atoms with E-state index in [0.717, 1.165) is 5.57 Å². The third-order valence-corrected chi connectivity index (χ3v) is 4.13. The molecular weight excluding hydrogens is 332 g/mol. The van der Waals surface area contributed by atoms with Crippen molar-refractivity contribution >= 4 is 5.78 Å². The number of ether oxygens (including phenoxy) is 1. The highest BCUT2D eigenvalue weighted by atomic mass is 16.6. The largest absolute Gasteiger partial charge is 0.507 e. The summed E-state index contributed by atoms with van der Waals surface area (Å²) in [4.78, 5) is 12.5. The molecule has 0 bridgehead atoms. The van der Waals surface area contributed by atoms with Gasteiger partial charge in [0.2, 0.25) is 5.79 Å². The first-order valence-electron chi connectivity index (χ1n) is 8.31. The molecule has 26 heavy (non-hydrogen) atoms. The van der Waals surface area contributed by atoms with Crippen molar-refractivity contribution in [2.45, 2.75) is 26.1 Å². The number of rotatable bonds is 6. The van der Waals surface area contributed by atoms with Crippen molar-refractivity contribution in [3.8, 4) is 11.5 Å². The monoisotopic (exact) mass is 356 g/mol. The van der Waals surface area contributed by atoms with Crippen LogP contribution in [0.3, 0.4) is 0 Å². The number of aromatic hydroxyl groups is 2. The first kappa shape index (κ1) is 19.7. The number of hydrogen-bond donors (Lipinski definition) is 3. The Kier molecular flexibility index (Phi) is 6.18. The number of phenolic OH excluding ortho intramolecular Hbond substituents is 2. The first-order chi connectivity index (χ1) is 12.3. The standard InChI is InChI=1S/C21H24O5/c1-14(2)4-6-16-7-9-18(23)19(20(16)24)17(22)8-5-15-10-12-21(25,26-3)13-11-15/h4-5,7-13,15,23-25H,6H2,1-3H3/b8-5+. The Labute approximate surface area is 153 Å². The number of methoxy groups -OCH3 is 1. The molecule has 0 unspecified atom stereocenters. The van der Waals surface area contributed by atoms with Gasteiger partial charge < -0.3 is 20.1 Å². The van der Waals surface area contributed by atoms with Gasteiger partial charge in [0.05, 0.1) is 0 Å². The van der Waals surface area contributed by atoms with Gasteiger partial charge in [-0.2, -0.15) is 0 Å². The summed E-state index contributed by atoms with van der Waals surface area (Å²) in [7, 11) is 1.39. The SMILES string of the molecule is COC1(O)C=CC(/C=C/C(=O)c2c(O)ccc(CC=C(C)C)c2O)C=C1. The van der Waals surface area contributed by atoms with Gasteiger partial charge in [-0.05, 0) is 50.1 Å². The van der Waals surface area contributed by atoms with Gasteiger partial charge >= 0.3 is 0 Å². The van der Waals surface area contributed by atoms with E-state index >= 15 is 0 Å². The number of aliphatic hydroxyl groups is 1. The Bertz CT molecular complexity index is 781. The lowest BCUT2D eigenvalue weighted by atomic mass is 9.97. The molecule has 1 aliphatic carbocycles. The molecule has 3 N–H and O–H groups in total. The van der Waals surface area contributed by atoms with E-state index in [-0.39, 0.29) is 23.0 Å². The Morgan fingerprint density at radius 2 is 1.88 bits per heavy atom. The van der Waals surface area contributed by atoms with Crippen molar-refractivity contribution in [3.63, 3.8) is 0 Å². The number of hydrogen-bond acceptors (Lipinski definition) is 5. The van der Waals surface area contributed by atoms with Gasteiger partial charge in [0.25, 0.3) is 0 Å². The fourth-order valence-corrected chi connectivity index (χ4v) is 2.51. The molecule has 5 nitrogen and oxygen atoms in total. The first-order valence-corrected chi connectivity index (χ1v) is 8.31. The normalized spacial score (nSPS) is 21.9. The molecule has 0 saturated heterocycles. The summed E-state index contributed by atoms with van der Waals surface area (Å²) < 4.78 is 4.93. The topological polar surface area (TPSA) is 87.0 Å². The van der Waals surface area contributed by atoms with Crippen LogP contribution >= 0.6 is 0 Å². The number of phenols is 2. The van der Waals surface area contributed by atoms with Crippen LogP contribution < -0.4 is 0 Å². The van der Waals surface area contributed by atoms with Crippen molar-refractivity contribution in [1.29, 1.82) is 0 Å². The van der Waals surface area contributed by atoms with Crippen LogP contribution in [0, 0.1) is 5.92 Å². The lowest BCUT2D eigenvalue weighted by molar-refractivity contribution is -0.107. The highest BCUT2D eigenvalue weighted by molar-refractivity contribution is 6.08. The Morgan fingerprint density at radius 1 is 1.23 bits per heavy atom. The Balaban J connectivity index is 2.20. The molecule has 1 aliphatic rings. The number of carbonyl (C=O) groups is 1. The van der Waals surface area contributed by atoms with Crippen LogP contribution in [0.15, 0.2) is 60.2 Å². The predicted molar refractivity (Wildman–Crippen MR) is 100 cm³/mol. The van der Waals surface area contributed by atoms with Crippen molar-refractivity contribution in [3.05, 3.63) is 71.4 Å². The minimum absolute atomic E-state index is 0.113. The minimum atomic E-state index is -1.43. The maximum atomic E-state index is 12.5. The molecule has 0 aliphatic heterocycles. The molecule has 0 atom stereocenters. The van der Waals surface area contributed by atoms with Gasteiger partial charge in [-0.1, -0.05) is 35.9 Å². The van der Waals surface area contributed by atoms with Gasteiger partial charge in [0, 0.05) is 13.0 Å². The minimum Gasteiger partial charge on any atom is -0.507 e. The van der Waals surface area contributed by atoms with Gasteiger partial charge in [0.1, 0.15) is 17.1 Å². The van der Waals surface area contributed by atoms with E-state index in [2.05, 4.69) is 0 Å². The van der Waals surface area contributed by atoms with E-state index in [1.807, 2.05) is 19.9 Å². The van der Waals surface area contributed by atoms with E-state index in [1.54, 1.807) is 24.3 Å². The molecule has 0 spiro atoms. The summed E-state index contributed by atoms with van der Waals surface area (Å²) in [5.41, 5.74) is 1.55. The highest BCUT2D eigenvalue weighted by Gasteiger charge is 2.22. The molecule has 0 saturated carbocycles. The number of ketones is 1. The molecule has 0 heterocycles. The maximum absolute atomic E-state index is 12.5. The second-order valence-electron chi connectivity index (χ2n) is 6.43. The van der Waals surface area contributed by atoms with Crippen molar-refractivity contribution in [2.75, 3.05) is 7.11 Å². The summed E-state index contributed by atoms with van der Waals surface area (Å²) in [6.07, 6.45) is 11.7. The number of allylic oxidation sites excluding steroid dienone is 6. The Hall–Kier alpha value is -2.63. The second kappa shape index (κ2) is 8.17. The molecule has 0 aromatic heterocycles. The van der Waals surface area contributed by atoms with E-state index in [1.165, 1.54) is 31.4 Å². The smallest absolute Gasteiger partial charge is 0.205 e. The van der Waals surface area contributed by atoms with E-state index in [9.17, 15) is 20.1 Å². The second-order valence-corrected chi connectivity index (χ2v) is 6.43. The number of carbonyl (C=O) groups excluding carboxylic acids is 1. The van der Waals surface area contributed by atoms with Gasteiger partial charge in [0.15, 0.2) is 5.78 Å². The van der Waals surface area contributed by atoms with Crippen LogP contribution in [0.1, 0.15) is 29.8 Å². The van der Waals surface area contributed by atoms with Gasteiger partial charge in [-0.15, -0.1) is 0 Å². The van der Waals surface area contributed by atoms with Gasteiger partial charge in [-0.25, -0.2) is 0 Å². The van der Waals surface area contributed by atoms with E-state index < -0.39 is 11.6 Å². The maximum Gasteiger partial charge on any atom is 0.205 e. The van der Waals surface area contributed by atoms with Gasteiger partial charge in [-0.3, -0.25) is 4.79 Å². The molecule has 5 heteroatoms. The van der Waals surface area contributed by atoms with Crippen molar-refractivity contribution in [2.24, 2.45) is 5.92 Å². The molecular formula is C21H24O5. The summed E-state index contributed by atoms with van der Waals surface area (Å²) >= 11 is 0. The fraction of sp³-hybridized carbons (Fsp3) is 0.286. The van der Waals surface area contributed by atoms with Crippen LogP contribution in [0.25, 0.3) is 0 Å². The average molecular weight is 356 g/mol. The quantitative estimate of drug-likeness (QED) is 0.315.